The van der Waals surface area contributed by atoms with Crippen molar-refractivity contribution in [2.45, 2.75) is 38.0 Å². The minimum absolute atomic E-state index is 0.0652. The number of amides is 2. The number of pyridine rings is 1. The van der Waals surface area contributed by atoms with Crippen LogP contribution < -0.4 is 26.2 Å². The van der Waals surface area contributed by atoms with Crippen molar-refractivity contribution in [3.05, 3.63) is 105 Å². The number of carbonyl (C=O) groups is 2. The third-order valence-corrected chi connectivity index (χ3v) is 9.63. The number of ether oxygens (including phenoxy) is 2. The van der Waals surface area contributed by atoms with Gasteiger partial charge >= 0.3 is 6.09 Å². The minimum atomic E-state index is -0.897. The normalized spacial score (nSPS) is 14.2. The summed E-state index contributed by atoms with van der Waals surface area (Å²) in [6.45, 7) is 2.65. The summed E-state index contributed by atoms with van der Waals surface area (Å²) in [6, 6.07) is 21.1. The maximum atomic E-state index is 12.8. The number of aliphatic hydroxyl groups excluding tert-OH is 1. The molecule has 266 valence electrons. The number of aromatic amines is 1. The molecule has 0 radical (unpaired) electrons. The number of aromatic nitrogens is 1. The van der Waals surface area contributed by atoms with E-state index in [-0.39, 0.29) is 35.4 Å². The molecule has 12 nitrogen and oxygen atoms in total. The lowest BCUT2D eigenvalue weighted by atomic mass is 10.0. The molecule has 1 fully saturated rings. The highest BCUT2D eigenvalue weighted by molar-refractivity contribution is 7.08. The number of fused-ring (bicyclic) bond motifs is 1. The van der Waals surface area contributed by atoms with E-state index in [2.05, 4.69) is 25.8 Å². The third-order valence-electron chi connectivity index (χ3n) is 8.95. The van der Waals surface area contributed by atoms with E-state index in [1.165, 1.54) is 12.1 Å². The van der Waals surface area contributed by atoms with Gasteiger partial charge in [-0.15, -0.1) is 0 Å². The Hall–Kier alpha value is -5.21. The SMILES string of the molecule is COc1cc(NC(=O)CCN2CCC(OC(=O)Nc3ccccc3-c3ccsc3)CC2)ccc1CNCC(O)c1ccc(O)c2[nH]c(=O)ccc12. The molecular weight excluding hydrogens is 671 g/mol. The number of likely N-dealkylation sites (tertiary alicyclic amines) is 1. The first kappa shape index (κ1) is 35.6. The number of thiophene rings is 1. The number of hydrogen-bond donors (Lipinski definition) is 6. The van der Waals surface area contributed by atoms with Crippen LogP contribution in [0.1, 0.15) is 36.5 Å². The van der Waals surface area contributed by atoms with E-state index in [1.54, 1.807) is 36.6 Å². The number of aromatic hydroxyl groups is 1. The zero-order valence-electron chi connectivity index (χ0n) is 28.2. The Kier molecular flexibility index (Phi) is 11.6. The van der Waals surface area contributed by atoms with Crippen molar-refractivity contribution in [3.63, 3.8) is 0 Å². The van der Waals surface area contributed by atoms with Crippen molar-refractivity contribution in [1.29, 1.82) is 0 Å². The second-order valence-electron chi connectivity index (χ2n) is 12.4. The Labute approximate surface area is 299 Å². The predicted molar refractivity (Wildman–Crippen MR) is 198 cm³/mol. The van der Waals surface area contributed by atoms with Crippen molar-refractivity contribution < 1.29 is 29.3 Å². The molecule has 13 heteroatoms. The highest BCUT2D eigenvalue weighted by atomic mass is 32.1. The molecule has 1 saturated heterocycles. The number of nitrogens with one attached hydrogen (secondary N) is 4. The summed E-state index contributed by atoms with van der Waals surface area (Å²) < 4.78 is 11.3. The lowest BCUT2D eigenvalue weighted by molar-refractivity contribution is -0.116. The Bertz CT molecular complexity index is 2030. The molecule has 0 bridgehead atoms. The number of para-hydroxylation sites is 1. The van der Waals surface area contributed by atoms with Crippen LogP contribution in [0.25, 0.3) is 22.0 Å². The van der Waals surface area contributed by atoms with Gasteiger partial charge in [0.25, 0.3) is 0 Å². The van der Waals surface area contributed by atoms with Crippen LogP contribution in [0, 0.1) is 0 Å². The second-order valence-corrected chi connectivity index (χ2v) is 13.2. The Morgan fingerprint density at radius 2 is 1.86 bits per heavy atom. The van der Waals surface area contributed by atoms with Crippen molar-refractivity contribution >= 4 is 45.6 Å². The van der Waals surface area contributed by atoms with Gasteiger partial charge in [0.1, 0.15) is 17.6 Å². The molecule has 3 heterocycles. The lowest BCUT2D eigenvalue weighted by Gasteiger charge is -2.31. The fraction of sp³-hybridized carbons (Fsp3) is 0.289. The fourth-order valence-corrected chi connectivity index (χ4v) is 6.91. The molecule has 5 aromatic rings. The molecule has 6 rings (SSSR count). The van der Waals surface area contributed by atoms with E-state index in [0.29, 0.717) is 60.4 Å². The maximum absolute atomic E-state index is 12.8. The number of hydrogen-bond acceptors (Lipinski definition) is 10. The minimum Gasteiger partial charge on any atom is -0.506 e. The molecule has 2 amide bonds. The summed E-state index contributed by atoms with van der Waals surface area (Å²) in [6.07, 6.45) is 0.147. The third kappa shape index (κ3) is 9.13. The molecule has 6 N–H and O–H groups in total. The predicted octanol–water partition coefficient (Wildman–Crippen LogP) is 5.84. The van der Waals surface area contributed by atoms with E-state index in [0.717, 1.165) is 29.8 Å². The average Bonchev–Trinajstić information content (AvgIpc) is 3.67. The number of phenolic OH excluding ortho intramolecular Hbond substituents is 1. The molecule has 1 atom stereocenters. The quantitative estimate of drug-likeness (QED) is 0.0881. The molecule has 1 aliphatic heterocycles. The summed E-state index contributed by atoms with van der Waals surface area (Å²) >= 11 is 1.60. The van der Waals surface area contributed by atoms with Gasteiger partial charge in [0.2, 0.25) is 11.5 Å². The fourth-order valence-electron chi connectivity index (χ4n) is 6.26. The number of piperidine rings is 1. The zero-order valence-corrected chi connectivity index (χ0v) is 29.0. The van der Waals surface area contributed by atoms with Gasteiger partial charge in [0.05, 0.1) is 24.4 Å². The first-order chi connectivity index (χ1) is 24.8. The van der Waals surface area contributed by atoms with Crippen LogP contribution in [0.3, 0.4) is 0 Å². The standard InChI is InChI=1S/C38H41N5O7S/c1-49-34-20-26(7-6-24(34)21-39-22-33(45)29-8-10-32(44)37-30(29)9-11-35(46)42-37)40-36(47)14-18-43-16-12-27(13-17-43)50-38(48)41-31-5-3-2-4-28(31)25-15-19-51-23-25/h2-11,15,19-20,23,27,33,39,44-45H,12-14,16-18,21-22H2,1H3,(H,40,47)(H,41,48)(H,42,46). The number of methoxy groups -OCH3 is 1. The smallest absolute Gasteiger partial charge is 0.411 e. The molecule has 2 aromatic heterocycles. The zero-order chi connectivity index (χ0) is 35.7. The van der Waals surface area contributed by atoms with Crippen LogP contribution in [-0.4, -0.2) is 71.5 Å². The molecular formula is C38H41N5O7S. The summed E-state index contributed by atoms with van der Waals surface area (Å²) in [5.74, 6) is 0.406. The Balaban J connectivity index is 0.922. The van der Waals surface area contributed by atoms with Crippen LogP contribution in [0.5, 0.6) is 11.5 Å². The highest BCUT2D eigenvalue weighted by Gasteiger charge is 2.23. The van der Waals surface area contributed by atoms with Gasteiger partial charge in [0.15, 0.2) is 0 Å². The average molecular weight is 712 g/mol. The first-order valence-corrected chi connectivity index (χ1v) is 17.7. The van der Waals surface area contributed by atoms with E-state index >= 15 is 0 Å². The van der Waals surface area contributed by atoms with Crippen LogP contribution in [0.2, 0.25) is 0 Å². The Morgan fingerprint density at radius 3 is 2.65 bits per heavy atom. The lowest BCUT2D eigenvalue weighted by Crippen LogP contribution is -2.39. The number of benzene rings is 3. The van der Waals surface area contributed by atoms with Gasteiger partial charge < -0.3 is 40.2 Å². The largest absolute Gasteiger partial charge is 0.506 e. The second kappa shape index (κ2) is 16.7. The van der Waals surface area contributed by atoms with E-state index < -0.39 is 12.2 Å². The summed E-state index contributed by atoms with van der Waals surface area (Å²) in [5, 5.41) is 34.7. The molecule has 0 spiro atoms. The maximum Gasteiger partial charge on any atom is 0.411 e. The molecule has 1 unspecified atom stereocenters. The topological polar surface area (TPSA) is 165 Å². The van der Waals surface area contributed by atoms with Crippen molar-refractivity contribution in [2.24, 2.45) is 0 Å². The van der Waals surface area contributed by atoms with Crippen LogP contribution in [0.4, 0.5) is 16.2 Å². The number of carbonyl (C=O) groups excluding carboxylic acids is 2. The van der Waals surface area contributed by atoms with Crippen molar-refractivity contribution in [2.75, 3.05) is 43.9 Å². The van der Waals surface area contributed by atoms with Gasteiger partial charge in [-0.2, -0.15) is 11.3 Å². The molecule has 3 aromatic carbocycles. The van der Waals surface area contributed by atoms with Gasteiger partial charge in [-0.05, 0) is 65.1 Å². The number of aliphatic hydroxyl groups is 1. The first-order valence-electron chi connectivity index (χ1n) is 16.8. The number of anilines is 2. The summed E-state index contributed by atoms with van der Waals surface area (Å²) in [5.41, 5.74) is 4.68. The van der Waals surface area contributed by atoms with E-state index in [9.17, 15) is 24.6 Å². The molecule has 1 aliphatic rings. The van der Waals surface area contributed by atoms with Gasteiger partial charge in [-0.1, -0.05) is 30.3 Å². The van der Waals surface area contributed by atoms with E-state index in [1.807, 2.05) is 53.2 Å². The highest BCUT2D eigenvalue weighted by Crippen LogP contribution is 2.31. The monoisotopic (exact) mass is 711 g/mol. The molecule has 0 saturated carbocycles. The van der Waals surface area contributed by atoms with E-state index in [4.69, 9.17) is 9.47 Å². The number of phenols is 1. The molecule has 0 aliphatic carbocycles. The van der Waals surface area contributed by atoms with Crippen LogP contribution >= 0.6 is 11.3 Å². The van der Waals surface area contributed by atoms with Crippen molar-refractivity contribution in [3.8, 4) is 22.6 Å². The Morgan fingerprint density at radius 1 is 1.04 bits per heavy atom. The number of H-pyrrole nitrogens is 1. The van der Waals surface area contributed by atoms with Crippen LogP contribution in [-0.2, 0) is 16.1 Å². The summed E-state index contributed by atoms with van der Waals surface area (Å²) in [7, 11) is 1.56. The van der Waals surface area contributed by atoms with Gasteiger partial charge in [0, 0.05) is 73.5 Å². The van der Waals surface area contributed by atoms with Crippen molar-refractivity contribution in [1.82, 2.24) is 15.2 Å². The number of rotatable bonds is 13. The van der Waals surface area contributed by atoms with Crippen LogP contribution in [0.15, 0.2) is 88.4 Å². The molecule has 51 heavy (non-hydrogen) atoms. The van der Waals surface area contributed by atoms with Gasteiger partial charge in [-0.3, -0.25) is 14.9 Å². The summed E-state index contributed by atoms with van der Waals surface area (Å²) in [4.78, 5) is 42.0. The van der Waals surface area contributed by atoms with Gasteiger partial charge in [-0.25, -0.2) is 4.79 Å². The number of nitrogens with zero attached hydrogens (tertiary/aromatic N) is 1.